The van der Waals surface area contributed by atoms with Crippen molar-refractivity contribution in [1.82, 2.24) is 9.88 Å². The van der Waals surface area contributed by atoms with Crippen LogP contribution in [0.1, 0.15) is 43.6 Å². The largest absolute Gasteiger partial charge is 0.491 e. The van der Waals surface area contributed by atoms with Crippen LogP contribution in [0.15, 0.2) is 60.8 Å². The van der Waals surface area contributed by atoms with E-state index in [0.29, 0.717) is 48.2 Å². The minimum Gasteiger partial charge on any atom is -0.491 e. The maximum atomic E-state index is 13.7. The molecule has 38 heavy (non-hydrogen) atoms. The number of pyridine rings is 1. The summed E-state index contributed by atoms with van der Waals surface area (Å²) >= 11 is 6.66. The fraction of sp³-hybridized carbons (Fsp3) is 0.414. The quantitative estimate of drug-likeness (QED) is 0.372. The van der Waals surface area contributed by atoms with Crippen LogP contribution in [-0.4, -0.2) is 64.6 Å². The van der Waals surface area contributed by atoms with Crippen molar-refractivity contribution in [2.75, 3.05) is 44.3 Å². The Hall–Kier alpha value is -2.75. The number of anilines is 1. The number of halogens is 2. The second-order valence-electron chi connectivity index (χ2n) is 10.4. The molecule has 0 spiro atoms. The third-order valence-electron chi connectivity index (χ3n) is 6.85. The molecule has 3 aromatic rings. The lowest BCUT2D eigenvalue weighted by Crippen LogP contribution is -2.52. The van der Waals surface area contributed by atoms with Gasteiger partial charge in [0.25, 0.3) is 0 Å². The van der Waals surface area contributed by atoms with Crippen LogP contribution in [0, 0.1) is 5.82 Å². The monoisotopic (exact) mass is 543 g/mol. The van der Waals surface area contributed by atoms with E-state index in [-0.39, 0.29) is 25.1 Å². The standard InChI is InChI=1S/C29H35ClFN3O4/c1-28(2,36)27-11-6-21(17-32-27)29(3,37)19-33-12-13-34(26(18-33)20-4-7-22(31)8-5-20)25-10-9-23(16-24(25)30)38-15-14-35/h4-11,16-17,26,35-37H,12-15,18-19H2,1-3H3/t26-,29+/m0/s1. The van der Waals surface area contributed by atoms with Gasteiger partial charge in [-0.1, -0.05) is 29.8 Å². The first kappa shape index (κ1) is 28.3. The van der Waals surface area contributed by atoms with E-state index in [9.17, 15) is 14.6 Å². The summed E-state index contributed by atoms with van der Waals surface area (Å²) in [4.78, 5) is 8.73. The highest BCUT2D eigenvalue weighted by atomic mass is 35.5. The molecule has 2 atom stereocenters. The molecule has 0 unspecified atom stereocenters. The van der Waals surface area contributed by atoms with Crippen LogP contribution in [0.5, 0.6) is 5.75 Å². The van der Waals surface area contributed by atoms with Gasteiger partial charge in [0.2, 0.25) is 0 Å². The van der Waals surface area contributed by atoms with Crippen molar-refractivity contribution in [3.05, 3.63) is 88.5 Å². The Bertz CT molecular complexity index is 1220. The molecule has 0 bridgehead atoms. The molecule has 1 fully saturated rings. The minimum atomic E-state index is -1.18. The third kappa shape index (κ3) is 6.62. The van der Waals surface area contributed by atoms with E-state index in [1.165, 1.54) is 12.1 Å². The van der Waals surface area contributed by atoms with Crippen LogP contribution >= 0.6 is 11.6 Å². The lowest BCUT2D eigenvalue weighted by Gasteiger charge is -2.45. The summed E-state index contributed by atoms with van der Waals surface area (Å²) in [5.41, 5.74) is 0.718. The molecule has 1 aromatic heterocycles. The second-order valence-corrected chi connectivity index (χ2v) is 10.9. The maximum Gasteiger partial charge on any atom is 0.123 e. The average molecular weight is 544 g/mol. The summed E-state index contributed by atoms with van der Waals surface area (Å²) in [6.45, 7) is 7.44. The maximum absolute atomic E-state index is 13.7. The van der Waals surface area contributed by atoms with Crippen LogP contribution in [0.25, 0.3) is 0 Å². The number of nitrogens with zero attached hydrogens (tertiary/aromatic N) is 3. The van der Waals surface area contributed by atoms with Gasteiger partial charge in [0, 0.05) is 44.0 Å². The number of aliphatic hydroxyl groups excluding tert-OH is 1. The van der Waals surface area contributed by atoms with Crippen molar-refractivity contribution in [2.45, 2.75) is 38.0 Å². The highest BCUT2D eigenvalue weighted by Crippen LogP contribution is 2.38. The molecular formula is C29H35ClFN3O4. The topological polar surface area (TPSA) is 89.3 Å². The predicted octanol–water partition coefficient (Wildman–Crippen LogP) is 4.24. The summed E-state index contributed by atoms with van der Waals surface area (Å²) in [7, 11) is 0. The van der Waals surface area contributed by atoms with Gasteiger partial charge in [-0.2, -0.15) is 0 Å². The van der Waals surface area contributed by atoms with Crippen molar-refractivity contribution >= 4 is 17.3 Å². The molecule has 9 heteroatoms. The van der Waals surface area contributed by atoms with Gasteiger partial charge in [-0.3, -0.25) is 9.88 Å². The fourth-order valence-corrected chi connectivity index (χ4v) is 5.10. The van der Waals surface area contributed by atoms with Crippen molar-refractivity contribution in [3.63, 3.8) is 0 Å². The molecule has 204 valence electrons. The summed E-state index contributed by atoms with van der Waals surface area (Å²) in [5.74, 6) is 0.270. The van der Waals surface area contributed by atoms with E-state index >= 15 is 0 Å². The van der Waals surface area contributed by atoms with Crippen LogP contribution in [0.3, 0.4) is 0 Å². The minimum absolute atomic E-state index is 0.0859. The Morgan fingerprint density at radius 3 is 2.39 bits per heavy atom. The van der Waals surface area contributed by atoms with E-state index in [1.807, 2.05) is 12.1 Å². The summed E-state index contributed by atoms with van der Waals surface area (Å²) in [5, 5.41) is 31.1. The number of hydrogen-bond acceptors (Lipinski definition) is 7. The highest BCUT2D eigenvalue weighted by molar-refractivity contribution is 6.33. The Kier molecular flexibility index (Phi) is 8.59. The van der Waals surface area contributed by atoms with E-state index in [2.05, 4.69) is 14.8 Å². The molecule has 0 amide bonds. The Balaban J connectivity index is 1.57. The van der Waals surface area contributed by atoms with Gasteiger partial charge in [-0.25, -0.2) is 4.39 Å². The van der Waals surface area contributed by atoms with E-state index in [4.69, 9.17) is 21.4 Å². The number of aliphatic hydroxyl groups is 3. The van der Waals surface area contributed by atoms with Crippen LogP contribution in [0.4, 0.5) is 10.1 Å². The summed E-state index contributed by atoms with van der Waals surface area (Å²) in [6.07, 6.45) is 1.61. The van der Waals surface area contributed by atoms with E-state index < -0.39 is 11.2 Å². The number of piperazine rings is 1. The molecule has 3 N–H and O–H groups in total. The summed E-state index contributed by atoms with van der Waals surface area (Å²) < 4.78 is 19.2. The van der Waals surface area contributed by atoms with Crippen LogP contribution in [0.2, 0.25) is 5.02 Å². The van der Waals surface area contributed by atoms with Gasteiger partial charge in [0.05, 0.1) is 29.1 Å². The lowest BCUT2D eigenvalue weighted by molar-refractivity contribution is 0.00970. The van der Waals surface area contributed by atoms with Gasteiger partial charge in [0.1, 0.15) is 29.4 Å². The fourth-order valence-electron chi connectivity index (χ4n) is 4.82. The van der Waals surface area contributed by atoms with E-state index in [1.54, 1.807) is 57.3 Å². The molecular weight excluding hydrogens is 509 g/mol. The van der Waals surface area contributed by atoms with Crippen molar-refractivity contribution in [3.8, 4) is 5.75 Å². The lowest BCUT2D eigenvalue weighted by atomic mass is 9.94. The number of β-amino-alcohol motifs (C(OH)–C–C–N with tert-alkyl or cyclic N) is 1. The number of ether oxygens (including phenoxy) is 1. The Morgan fingerprint density at radius 1 is 1.05 bits per heavy atom. The average Bonchev–Trinajstić information content (AvgIpc) is 2.87. The van der Waals surface area contributed by atoms with Crippen molar-refractivity contribution in [2.24, 2.45) is 0 Å². The van der Waals surface area contributed by atoms with Crippen molar-refractivity contribution in [1.29, 1.82) is 0 Å². The van der Waals surface area contributed by atoms with Gasteiger partial charge in [0.15, 0.2) is 0 Å². The normalized spacial score (nSPS) is 18.3. The zero-order valence-corrected chi connectivity index (χ0v) is 22.7. The molecule has 0 radical (unpaired) electrons. The number of rotatable bonds is 9. The number of aromatic nitrogens is 1. The molecule has 2 heterocycles. The molecule has 0 aliphatic carbocycles. The Labute approximate surface area is 228 Å². The molecule has 1 aliphatic rings. The molecule has 2 aromatic carbocycles. The molecule has 1 aliphatic heterocycles. The summed E-state index contributed by atoms with van der Waals surface area (Å²) in [6, 6.07) is 15.3. The van der Waals surface area contributed by atoms with Gasteiger partial charge in [-0.05, 0) is 56.7 Å². The predicted molar refractivity (Wildman–Crippen MR) is 146 cm³/mol. The second kappa shape index (κ2) is 11.6. The van der Waals surface area contributed by atoms with Crippen LogP contribution in [-0.2, 0) is 11.2 Å². The third-order valence-corrected chi connectivity index (χ3v) is 7.15. The van der Waals surface area contributed by atoms with Crippen molar-refractivity contribution < 1.29 is 24.4 Å². The van der Waals surface area contributed by atoms with Gasteiger partial charge < -0.3 is 25.0 Å². The van der Waals surface area contributed by atoms with E-state index in [0.717, 1.165) is 11.3 Å². The Morgan fingerprint density at radius 2 is 1.79 bits per heavy atom. The molecule has 1 saturated heterocycles. The smallest absolute Gasteiger partial charge is 0.123 e. The van der Waals surface area contributed by atoms with Gasteiger partial charge in [-0.15, -0.1) is 0 Å². The number of benzene rings is 2. The molecule has 4 rings (SSSR count). The first-order valence-corrected chi connectivity index (χ1v) is 13.0. The SMILES string of the molecule is CC(C)(O)c1ccc([C@](C)(O)CN2CCN(c3ccc(OCCO)cc3Cl)[C@H](c3ccc(F)cc3)C2)cn1. The zero-order chi connectivity index (χ0) is 27.5. The van der Waals surface area contributed by atoms with Crippen LogP contribution < -0.4 is 9.64 Å². The highest BCUT2D eigenvalue weighted by Gasteiger charge is 2.34. The number of hydrogen-bond donors (Lipinski definition) is 3. The molecule has 7 nitrogen and oxygen atoms in total. The first-order valence-electron chi connectivity index (χ1n) is 12.7. The first-order chi connectivity index (χ1) is 18.0. The van der Waals surface area contributed by atoms with Gasteiger partial charge >= 0.3 is 0 Å². The zero-order valence-electron chi connectivity index (χ0n) is 21.9. The molecule has 0 saturated carbocycles.